The number of nitrogens with one attached hydrogen (secondary N) is 1. The van der Waals surface area contributed by atoms with Gasteiger partial charge in [0, 0.05) is 11.2 Å². The highest BCUT2D eigenvalue weighted by Gasteiger charge is 2.35. The molecule has 0 saturated heterocycles. The molecule has 0 radical (unpaired) electrons. The Kier molecular flexibility index (Phi) is 7.29. The van der Waals surface area contributed by atoms with Gasteiger partial charge in [-0.25, -0.2) is 4.68 Å². The minimum absolute atomic E-state index is 0.0789. The van der Waals surface area contributed by atoms with Gasteiger partial charge in [0.25, 0.3) is 0 Å². The fourth-order valence-corrected chi connectivity index (χ4v) is 4.33. The predicted molar refractivity (Wildman–Crippen MR) is 144 cm³/mol. The Bertz CT molecular complexity index is 1410. The number of rotatable bonds is 8. The zero-order valence-corrected chi connectivity index (χ0v) is 21.9. The third-order valence-electron chi connectivity index (χ3n) is 6.52. The van der Waals surface area contributed by atoms with Crippen molar-refractivity contribution in [1.82, 2.24) is 20.3 Å². The van der Waals surface area contributed by atoms with E-state index in [9.17, 15) is 14.7 Å². The lowest BCUT2D eigenvalue weighted by Gasteiger charge is -2.35. The summed E-state index contributed by atoms with van der Waals surface area (Å²) >= 11 is 0. The molecular weight excluding hydrogens is 466 g/mol. The van der Waals surface area contributed by atoms with E-state index in [-0.39, 0.29) is 24.1 Å². The number of phenols is 1. The Balaban J connectivity index is 1.85. The van der Waals surface area contributed by atoms with Gasteiger partial charge < -0.3 is 10.4 Å². The van der Waals surface area contributed by atoms with E-state index >= 15 is 0 Å². The molecule has 0 unspecified atom stereocenters. The topological polar surface area (TPSA) is 100 Å². The largest absolute Gasteiger partial charge is 0.508 e. The number of aromatic hydroxyl groups is 1. The number of carbonyl (C=O) groups excluding carboxylic acids is 2. The van der Waals surface area contributed by atoms with Crippen LogP contribution in [0.5, 0.6) is 5.75 Å². The van der Waals surface area contributed by atoms with Crippen LogP contribution in [0.25, 0.3) is 11.0 Å². The summed E-state index contributed by atoms with van der Waals surface area (Å²) in [6.45, 7) is 9.71. The monoisotopic (exact) mass is 499 g/mol. The Morgan fingerprint density at radius 2 is 1.68 bits per heavy atom. The lowest BCUT2D eigenvalue weighted by atomic mass is 9.97. The lowest BCUT2D eigenvalue weighted by Crippen LogP contribution is -2.51. The molecule has 192 valence electrons. The molecule has 0 aliphatic rings. The maximum atomic E-state index is 14.1. The summed E-state index contributed by atoms with van der Waals surface area (Å²) in [5.41, 5.74) is 4.06. The van der Waals surface area contributed by atoms with Gasteiger partial charge in [0.05, 0.1) is 5.52 Å². The first-order valence-electron chi connectivity index (χ1n) is 12.4. The summed E-state index contributed by atoms with van der Waals surface area (Å²) in [6, 6.07) is 18.7. The van der Waals surface area contributed by atoms with E-state index in [0.29, 0.717) is 23.2 Å². The van der Waals surface area contributed by atoms with Crippen molar-refractivity contribution in [3.05, 3.63) is 83.4 Å². The van der Waals surface area contributed by atoms with Gasteiger partial charge in [-0.2, -0.15) is 0 Å². The molecule has 1 heterocycles. The molecule has 0 bridgehead atoms. The highest BCUT2D eigenvalue weighted by Crippen LogP contribution is 2.32. The first-order chi connectivity index (χ1) is 17.6. The second-order valence-electron chi connectivity index (χ2n) is 10.1. The van der Waals surface area contributed by atoms with Gasteiger partial charge in [-0.1, -0.05) is 42.5 Å². The van der Waals surface area contributed by atoms with Crippen molar-refractivity contribution in [2.45, 2.75) is 59.2 Å². The van der Waals surface area contributed by atoms with E-state index in [2.05, 4.69) is 15.6 Å². The van der Waals surface area contributed by atoms with E-state index in [1.165, 1.54) is 17.0 Å². The molecule has 8 nitrogen and oxygen atoms in total. The van der Waals surface area contributed by atoms with Crippen LogP contribution in [0.4, 0.5) is 5.69 Å². The highest BCUT2D eigenvalue weighted by molar-refractivity contribution is 6.01. The van der Waals surface area contributed by atoms with Crippen LogP contribution >= 0.6 is 0 Å². The molecule has 4 aromatic rings. The summed E-state index contributed by atoms with van der Waals surface area (Å²) in [5.74, 6) is -0.549. The number of fused-ring (bicyclic) bond motifs is 1. The fraction of sp³-hybridized carbons (Fsp3) is 0.310. The Morgan fingerprint density at radius 1 is 1.03 bits per heavy atom. The molecule has 1 atom stereocenters. The Labute approximate surface area is 216 Å². The number of carbonyl (C=O) groups is 2. The molecule has 2 N–H and O–H groups in total. The molecule has 0 spiro atoms. The average molecular weight is 500 g/mol. The summed E-state index contributed by atoms with van der Waals surface area (Å²) < 4.78 is 1.55. The van der Waals surface area contributed by atoms with Crippen molar-refractivity contribution < 1.29 is 14.7 Å². The maximum Gasteiger partial charge on any atom is 0.249 e. The van der Waals surface area contributed by atoms with E-state index in [0.717, 1.165) is 16.6 Å². The van der Waals surface area contributed by atoms with Gasteiger partial charge >= 0.3 is 0 Å². The first-order valence-corrected chi connectivity index (χ1v) is 12.4. The summed E-state index contributed by atoms with van der Waals surface area (Å²) in [6.07, 6.45) is 0.712. The number of hydrogen-bond donors (Lipinski definition) is 2. The molecule has 2 amide bonds. The van der Waals surface area contributed by atoms with E-state index in [1.54, 1.807) is 16.8 Å². The van der Waals surface area contributed by atoms with Crippen LogP contribution in [0.3, 0.4) is 0 Å². The van der Waals surface area contributed by atoms with Crippen molar-refractivity contribution in [3.8, 4) is 5.75 Å². The highest BCUT2D eigenvalue weighted by atomic mass is 16.3. The van der Waals surface area contributed by atoms with Crippen LogP contribution in [-0.4, -0.2) is 37.5 Å². The van der Waals surface area contributed by atoms with Crippen LogP contribution in [0, 0.1) is 13.8 Å². The third kappa shape index (κ3) is 5.80. The third-order valence-corrected chi connectivity index (χ3v) is 6.52. The molecule has 3 aromatic carbocycles. The maximum absolute atomic E-state index is 14.1. The van der Waals surface area contributed by atoms with Crippen LogP contribution < -0.4 is 10.2 Å². The zero-order valence-electron chi connectivity index (χ0n) is 21.9. The number of anilines is 1. The van der Waals surface area contributed by atoms with Crippen LogP contribution in [0.2, 0.25) is 0 Å². The van der Waals surface area contributed by atoms with Gasteiger partial charge in [-0.05, 0) is 87.2 Å². The predicted octanol–water partition coefficient (Wildman–Crippen LogP) is 4.83. The summed E-state index contributed by atoms with van der Waals surface area (Å²) in [5, 5.41) is 21.4. The molecule has 1 aromatic heterocycles. The minimum Gasteiger partial charge on any atom is -0.508 e. The molecule has 8 heteroatoms. The van der Waals surface area contributed by atoms with Crippen molar-refractivity contribution in [2.24, 2.45) is 0 Å². The standard InChI is InChI=1S/C29H33N5O3/c1-6-29(4,5)30-28(37)27(21-11-13-23(35)14-12-21)34(22-16-19(2)15-20(3)17-22)26(36)18-33-25-10-8-7-9-24(25)31-32-33/h7-17,27,35H,6,18H2,1-5H3,(H,30,37)/t27-/m1/s1. The SMILES string of the molecule is CCC(C)(C)NC(=O)[C@@H](c1ccc(O)cc1)N(C(=O)Cn1nnc2ccccc21)c1cc(C)cc(C)c1. The molecular formula is C29H33N5O3. The lowest BCUT2D eigenvalue weighted by molar-refractivity contribution is -0.128. The van der Waals surface area contributed by atoms with Gasteiger partial charge in [0.2, 0.25) is 11.8 Å². The van der Waals surface area contributed by atoms with Gasteiger partial charge in [0.15, 0.2) is 0 Å². The minimum atomic E-state index is -0.977. The second-order valence-corrected chi connectivity index (χ2v) is 10.1. The van der Waals surface area contributed by atoms with E-state index < -0.39 is 11.6 Å². The number of aromatic nitrogens is 3. The number of para-hydroxylation sites is 1. The summed E-state index contributed by atoms with van der Waals surface area (Å²) in [4.78, 5) is 29.5. The number of phenolic OH excluding ortho intramolecular Hbond substituents is 1. The van der Waals surface area contributed by atoms with Gasteiger partial charge in [-0.15, -0.1) is 5.10 Å². The number of aryl methyl sites for hydroxylation is 2. The number of nitrogens with zero attached hydrogens (tertiary/aromatic N) is 4. The van der Waals surface area contributed by atoms with Crippen molar-refractivity contribution >= 4 is 28.5 Å². The van der Waals surface area contributed by atoms with Crippen LogP contribution in [0.15, 0.2) is 66.7 Å². The fourth-order valence-electron chi connectivity index (χ4n) is 4.33. The second kappa shape index (κ2) is 10.4. The van der Waals surface area contributed by atoms with Crippen molar-refractivity contribution in [3.63, 3.8) is 0 Å². The van der Waals surface area contributed by atoms with Gasteiger partial charge in [0.1, 0.15) is 23.9 Å². The van der Waals surface area contributed by atoms with Crippen molar-refractivity contribution in [1.29, 1.82) is 0 Å². The zero-order chi connectivity index (χ0) is 26.7. The average Bonchev–Trinajstić information content (AvgIpc) is 3.25. The number of amides is 2. The van der Waals surface area contributed by atoms with Gasteiger partial charge in [-0.3, -0.25) is 14.5 Å². The normalized spacial score (nSPS) is 12.4. The first kappa shape index (κ1) is 25.9. The molecule has 0 saturated carbocycles. The molecule has 0 aliphatic carbocycles. The quantitative estimate of drug-likeness (QED) is 0.362. The smallest absolute Gasteiger partial charge is 0.249 e. The van der Waals surface area contributed by atoms with E-state index in [1.807, 2.05) is 77.1 Å². The van der Waals surface area contributed by atoms with Crippen LogP contribution in [-0.2, 0) is 16.1 Å². The Morgan fingerprint density at radius 3 is 2.32 bits per heavy atom. The van der Waals surface area contributed by atoms with Crippen LogP contribution in [0.1, 0.15) is 49.9 Å². The molecule has 0 fully saturated rings. The number of benzene rings is 3. The molecule has 4 rings (SSSR count). The van der Waals surface area contributed by atoms with E-state index in [4.69, 9.17) is 0 Å². The summed E-state index contributed by atoms with van der Waals surface area (Å²) in [7, 11) is 0. The molecule has 0 aliphatic heterocycles. The van der Waals surface area contributed by atoms with Crippen molar-refractivity contribution in [2.75, 3.05) is 4.90 Å². The Hall–Kier alpha value is -4.20. The number of hydrogen-bond acceptors (Lipinski definition) is 5. The molecule has 37 heavy (non-hydrogen) atoms.